The molecule has 1 aliphatic heterocycles. The van der Waals surface area contributed by atoms with Gasteiger partial charge >= 0.3 is 7.12 Å². The first-order valence-electron chi connectivity index (χ1n) is 7.07. The Kier molecular flexibility index (Phi) is 4.43. The molecule has 1 heterocycles. The molecule has 1 aromatic rings. The van der Waals surface area contributed by atoms with E-state index in [1.54, 1.807) is 12.1 Å². The Morgan fingerprint density at radius 3 is 2.41 bits per heavy atom. The Bertz CT molecular complexity index is 633. The molecule has 0 amide bonds. The molecule has 2 rings (SSSR count). The molecule has 1 aromatic carbocycles. The third-order valence-corrected chi connectivity index (χ3v) is 4.23. The van der Waals surface area contributed by atoms with Crippen LogP contribution in [0.25, 0.3) is 6.08 Å². The first kappa shape index (κ1) is 16.7. The van der Waals surface area contributed by atoms with Crippen molar-refractivity contribution in [2.75, 3.05) is 6.61 Å². The van der Waals surface area contributed by atoms with Crippen LogP contribution in [0.2, 0.25) is 0 Å². The summed E-state index contributed by atoms with van der Waals surface area (Å²) in [6.45, 7) is 7.28. The molecule has 22 heavy (non-hydrogen) atoms. The lowest BCUT2D eigenvalue weighted by Crippen LogP contribution is -2.41. The average Bonchev–Trinajstić information content (AvgIpc) is 2.66. The van der Waals surface area contributed by atoms with E-state index >= 15 is 0 Å². The van der Waals surface area contributed by atoms with Crippen molar-refractivity contribution in [1.29, 1.82) is 5.26 Å². The molecule has 0 radical (unpaired) electrons. The molecule has 0 bridgehead atoms. The van der Waals surface area contributed by atoms with Crippen molar-refractivity contribution in [2.45, 2.75) is 38.9 Å². The van der Waals surface area contributed by atoms with Gasteiger partial charge in [0.05, 0.1) is 23.4 Å². The maximum atomic E-state index is 14.1. The van der Waals surface area contributed by atoms with Crippen molar-refractivity contribution in [2.24, 2.45) is 0 Å². The van der Waals surface area contributed by atoms with Crippen molar-refractivity contribution >= 4 is 13.2 Å². The summed E-state index contributed by atoms with van der Waals surface area (Å²) >= 11 is 0. The zero-order chi connectivity index (χ0) is 16.5. The van der Waals surface area contributed by atoms with Gasteiger partial charge in [0.15, 0.2) is 0 Å². The maximum Gasteiger partial charge on any atom is 0.492 e. The molecule has 1 fully saturated rings. The topological polar surface area (TPSA) is 62.5 Å². The van der Waals surface area contributed by atoms with E-state index in [0.717, 1.165) is 0 Å². The Hall–Kier alpha value is -1.68. The molecule has 1 saturated heterocycles. The van der Waals surface area contributed by atoms with Gasteiger partial charge in [-0.3, -0.25) is 0 Å². The minimum atomic E-state index is -0.750. The highest BCUT2D eigenvalue weighted by Crippen LogP contribution is 2.38. The van der Waals surface area contributed by atoms with E-state index in [-0.39, 0.29) is 17.7 Å². The summed E-state index contributed by atoms with van der Waals surface area (Å²) < 4.78 is 25.8. The number of aliphatic hydroxyl groups is 1. The molecule has 0 aromatic heterocycles. The van der Waals surface area contributed by atoms with E-state index in [2.05, 4.69) is 0 Å². The Balaban J connectivity index is 2.37. The predicted octanol–water partition coefficient (Wildman–Crippen LogP) is 2.70. The number of hydrogen-bond acceptors (Lipinski definition) is 4. The van der Waals surface area contributed by atoms with Crippen LogP contribution in [0.3, 0.4) is 0 Å². The number of aliphatic hydroxyl groups excluding tert-OH is 1. The number of nitrogens with zero attached hydrogens (tertiary/aromatic N) is 1. The average molecular weight is 303 g/mol. The summed E-state index contributed by atoms with van der Waals surface area (Å²) in [5, 5.41) is 18.5. The molecular formula is C16H19BFNO3. The number of halogens is 1. The fraction of sp³-hybridized carbons (Fsp3) is 0.438. The quantitative estimate of drug-likeness (QED) is 0.872. The Labute approximate surface area is 130 Å². The molecule has 4 nitrogen and oxygen atoms in total. The summed E-state index contributed by atoms with van der Waals surface area (Å²) in [7, 11) is -0.750. The molecule has 1 N–H and O–H groups in total. The van der Waals surface area contributed by atoms with Crippen molar-refractivity contribution in [1.82, 2.24) is 0 Å². The normalized spacial score (nSPS) is 20.0. The molecule has 0 spiro atoms. The van der Waals surface area contributed by atoms with E-state index in [9.17, 15) is 9.50 Å². The van der Waals surface area contributed by atoms with Gasteiger partial charge < -0.3 is 14.4 Å². The molecule has 1 aliphatic rings. The van der Waals surface area contributed by atoms with Crippen LogP contribution in [-0.4, -0.2) is 30.0 Å². The van der Waals surface area contributed by atoms with Crippen LogP contribution in [0.1, 0.15) is 38.8 Å². The van der Waals surface area contributed by atoms with Gasteiger partial charge in [-0.2, -0.15) is 5.26 Å². The number of benzene rings is 1. The maximum absolute atomic E-state index is 14.1. The van der Waals surface area contributed by atoms with Crippen LogP contribution in [0, 0.1) is 17.1 Å². The molecular weight excluding hydrogens is 284 g/mol. The van der Waals surface area contributed by atoms with Crippen molar-refractivity contribution in [3.63, 3.8) is 0 Å². The van der Waals surface area contributed by atoms with Crippen LogP contribution in [0.5, 0.6) is 0 Å². The lowest BCUT2D eigenvalue weighted by atomic mass is 9.77. The van der Waals surface area contributed by atoms with Gasteiger partial charge in [0.1, 0.15) is 11.9 Å². The number of rotatable bonds is 3. The zero-order valence-electron chi connectivity index (χ0n) is 13.2. The molecule has 6 heteroatoms. The second-order valence-corrected chi connectivity index (χ2v) is 6.29. The van der Waals surface area contributed by atoms with Gasteiger partial charge in [-0.1, -0.05) is 18.2 Å². The van der Waals surface area contributed by atoms with E-state index in [4.69, 9.17) is 14.6 Å². The van der Waals surface area contributed by atoms with Gasteiger partial charge in [-0.15, -0.1) is 0 Å². The highest BCUT2D eigenvalue weighted by atomic mass is 19.1. The summed E-state index contributed by atoms with van der Waals surface area (Å²) in [5.74, 6) is -0.618. The van der Waals surface area contributed by atoms with Crippen LogP contribution < -0.4 is 0 Å². The van der Waals surface area contributed by atoms with Crippen molar-refractivity contribution < 1.29 is 18.8 Å². The molecule has 116 valence electrons. The second-order valence-electron chi connectivity index (χ2n) is 6.29. The third kappa shape index (κ3) is 2.93. The van der Waals surface area contributed by atoms with Crippen molar-refractivity contribution in [3.8, 4) is 6.07 Å². The Morgan fingerprint density at radius 2 is 1.91 bits per heavy atom. The fourth-order valence-corrected chi connectivity index (χ4v) is 2.13. The van der Waals surface area contributed by atoms with E-state index < -0.39 is 24.1 Å². The van der Waals surface area contributed by atoms with Crippen LogP contribution in [0.15, 0.2) is 23.7 Å². The molecule has 0 aliphatic carbocycles. The first-order chi connectivity index (χ1) is 10.2. The predicted molar refractivity (Wildman–Crippen MR) is 82.3 cm³/mol. The number of hydrogen-bond donors (Lipinski definition) is 1. The Morgan fingerprint density at radius 1 is 1.32 bits per heavy atom. The van der Waals surface area contributed by atoms with Gasteiger partial charge in [0.25, 0.3) is 0 Å². The minimum Gasteiger partial charge on any atom is -0.400 e. The molecule has 0 unspecified atom stereocenters. The van der Waals surface area contributed by atoms with Crippen LogP contribution >= 0.6 is 0 Å². The fourth-order valence-electron chi connectivity index (χ4n) is 2.13. The van der Waals surface area contributed by atoms with E-state index in [1.807, 2.05) is 27.7 Å². The second kappa shape index (κ2) is 5.84. The largest absolute Gasteiger partial charge is 0.492 e. The van der Waals surface area contributed by atoms with Gasteiger partial charge in [0.2, 0.25) is 0 Å². The summed E-state index contributed by atoms with van der Waals surface area (Å²) in [6, 6.07) is 6.32. The third-order valence-electron chi connectivity index (χ3n) is 4.23. The zero-order valence-corrected chi connectivity index (χ0v) is 13.2. The standard InChI is InChI=1S/C16H19BFNO3/c1-15(2)16(3,4)22-17(21-15)13(10-20)8-11-6-5-7-12(9-19)14(11)18/h5-8,20H,10H2,1-4H3. The van der Waals surface area contributed by atoms with Crippen molar-refractivity contribution in [3.05, 3.63) is 40.6 Å². The smallest absolute Gasteiger partial charge is 0.400 e. The van der Waals surface area contributed by atoms with Gasteiger partial charge in [-0.05, 0) is 39.2 Å². The highest BCUT2D eigenvalue weighted by Gasteiger charge is 2.52. The summed E-state index contributed by atoms with van der Waals surface area (Å²) in [4.78, 5) is 0. The first-order valence-corrected chi connectivity index (χ1v) is 7.07. The SMILES string of the molecule is CC1(C)OB(C(=Cc2cccc(C#N)c2F)CO)OC1(C)C. The van der Waals surface area contributed by atoms with E-state index in [1.165, 1.54) is 18.2 Å². The lowest BCUT2D eigenvalue weighted by Gasteiger charge is -2.32. The van der Waals surface area contributed by atoms with Gasteiger partial charge in [-0.25, -0.2) is 4.39 Å². The molecule has 0 atom stereocenters. The monoisotopic (exact) mass is 303 g/mol. The van der Waals surface area contributed by atoms with Gasteiger partial charge in [0, 0.05) is 5.56 Å². The lowest BCUT2D eigenvalue weighted by molar-refractivity contribution is 0.00578. The minimum absolute atomic E-state index is 0.0417. The number of nitriles is 1. The molecule has 0 saturated carbocycles. The summed E-state index contributed by atoms with van der Waals surface area (Å²) in [6.07, 6.45) is 1.47. The van der Waals surface area contributed by atoms with Crippen LogP contribution in [-0.2, 0) is 9.31 Å². The van der Waals surface area contributed by atoms with Crippen LogP contribution in [0.4, 0.5) is 4.39 Å². The van der Waals surface area contributed by atoms with E-state index in [0.29, 0.717) is 5.47 Å². The summed E-state index contributed by atoms with van der Waals surface area (Å²) in [5.41, 5.74) is -0.497. The highest BCUT2D eigenvalue weighted by molar-refractivity contribution is 6.55.